The summed E-state index contributed by atoms with van der Waals surface area (Å²) in [6.45, 7) is 6.27. The van der Waals surface area contributed by atoms with Gasteiger partial charge in [0.1, 0.15) is 10.8 Å². The monoisotopic (exact) mass is 425 g/mol. The van der Waals surface area contributed by atoms with Crippen molar-refractivity contribution in [2.24, 2.45) is 0 Å². The van der Waals surface area contributed by atoms with Gasteiger partial charge in [0.25, 0.3) is 5.91 Å². The average molecular weight is 426 g/mol. The van der Waals surface area contributed by atoms with Crippen molar-refractivity contribution in [3.05, 3.63) is 75.5 Å². The molecular weight excluding hydrogens is 401 g/mol. The van der Waals surface area contributed by atoms with Crippen molar-refractivity contribution >= 4 is 22.9 Å². The second kappa shape index (κ2) is 9.32. The molecule has 156 valence electrons. The lowest BCUT2D eigenvalue weighted by molar-refractivity contribution is 0.0950. The zero-order valence-corrected chi connectivity index (χ0v) is 17.7. The van der Waals surface area contributed by atoms with Gasteiger partial charge in [-0.1, -0.05) is 53.3 Å². The lowest BCUT2D eigenvalue weighted by Gasteiger charge is -2.35. The molecule has 6 nitrogen and oxygen atoms in total. The van der Waals surface area contributed by atoms with Crippen molar-refractivity contribution in [1.82, 2.24) is 20.4 Å². The third kappa shape index (κ3) is 5.01. The Bertz CT molecular complexity index is 999. The molecule has 30 heavy (non-hydrogen) atoms. The molecule has 1 aromatic heterocycles. The normalized spacial score (nSPS) is 14.7. The summed E-state index contributed by atoms with van der Waals surface area (Å²) in [5.74, 6) is -0.389. The first-order chi connectivity index (χ1) is 14.6. The second-order valence-electron chi connectivity index (χ2n) is 7.38. The summed E-state index contributed by atoms with van der Waals surface area (Å²) in [4.78, 5) is 16.7. The van der Waals surface area contributed by atoms with Gasteiger partial charge in [-0.2, -0.15) is 0 Å². The average Bonchev–Trinajstić information content (AvgIpc) is 3.23. The predicted molar refractivity (Wildman–Crippen MR) is 116 cm³/mol. The van der Waals surface area contributed by atoms with E-state index in [1.54, 1.807) is 6.07 Å². The van der Waals surface area contributed by atoms with Crippen LogP contribution in [0.15, 0.2) is 48.5 Å². The maximum Gasteiger partial charge on any atom is 0.282 e. The summed E-state index contributed by atoms with van der Waals surface area (Å²) in [7, 11) is 0. The van der Waals surface area contributed by atoms with E-state index in [9.17, 15) is 9.18 Å². The maximum atomic E-state index is 14.0. The van der Waals surface area contributed by atoms with E-state index in [2.05, 4.69) is 25.3 Å². The number of para-hydroxylation sites is 1. The van der Waals surface area contributed by atoms with Crippen LogP contribution in [0.4, 0.5) is 10.1 Å². The predicted octanol–water partition coefficient (Wildman–Crippen LogP) is 3.24. The van der Waals surface area contributed by atoms with E-state index >= 15 is 0 Å². The number of carbonyl (C=O) groups is 1. The molecule has 0 atom stereocenters. The zero-order chi connectivity index (χ0) is 20.9. The number of amides is 1. The summed E-state index contributed by atoms with van der Waals surface area (Å²) < 4.78 is 14.0. The number of aryl methyl sites for hydroxylation is 1. The molecule has 1 aliphatic heterocycles. The van der Waals surface area contributed by atoms with Gasteiger partial charge in [-0.25, -0.2) is 4.39 Å². The first-order valence-corrected chi connectivity index (χ1v) is 10.8. The maximum absolute atomic E-state index is 14.0. The number of carbonyl (C=O) groups excluding carboxylic acids is 1. The van der Waals surface area contributed by atoms with Gasteiger partial charge in [0.2, 0.25) is 5.01 Å². The summed E-state index contributed by atoms with van der Waals surface area (Å²) in [6.07, 6.45) is 0. The van der Waals surface area contributed by atoms with Gasteiger partial charge in [-0.15, -0.1) is 10.2 Å². The van der Waals surface area contributed by atoms with Crippen molar-refractivity contribution in [2.75, 3.05) is 31.1 Å². The van der Waals surface area contributed by atoms with Crippen LogP contribution in [-0.2, 0) is 13.1 Å². The number of nitrogens with zero attached hydrogens (tertiary/aromatic N) is 4. The van der Waals surface area contributed by atoms with Crippen molar-refractivity contribution in [3.8, 4) is 0 Å². The van der Waals surface area contributed by atoms with Gasteiger partial charge in [-0.05, 0) is 24.6 Å². The van der Waals surface area contributed by atoms with Crippen LogP contribution in [0, 0.1) is 12.7 Å². The van der Waals surface area contributed by atoms with E-state index in [0.717, 1.165) is 36.8 Å². The van der Waals surface area contributed by atoms with Crippen LogP contribution in [0.1, 0.15) is 25.9 Å². The van der Waals surface area contributed by atoms with Crippen molar-refractivity contribution in [2.45, 2.75) is 20.0 Å². The van der Waals surface area contributed by atoms with Gasteiger partial charge in [0.15, 0.2) is 0 Å². The molecule has 8 heteroatoms. The number of hydrogen-bond acceptors (Lipinski definition) is 6. The van der Waals surface area contributed by atoms with Gasteiger partial charge < -0.3 is 10.2 Å². The van der Waals surface area contributed by atoms with Crippen LogP contribution < -0.4 is 10.2 Å². The van der Waals surface area contributed by atoms with Crippen LogP contribution in [-0.4, -0.2) is 47.2 Å². The molecule has 1 amide bonds. The minimum absolute atomic E-state index is 0.184. The molecule has 1 aliphatic rings. The topological polar surface area (TPSA) is 61.4 Å². The number of aromatic nitrogens is 2. The Morgan fingerprint density at radius 2 is 1.80 bits per heavy atom. The van der Waals surface area contributed by atoms with E-state index in [0.29, 0.717) is 23.8 Å². The number of benzene rings is 2. The van der Waals surface area contributed by atoms with E-state index < -0.39 is 0 Å². The SMILES string of the molecule is Cc1ccc(CNC(=O)c2nnc(CN3CCN(c4ccccc4F)CC3)s2)cc1. The first-order valence-electron chi connectivity index (χ1n) is 9.96. The number of nitrogens with one attached hydrogen (secondary N) is 1. The molecule has 0 aliphatic carbocycles. The molecule has 2 heterocycles. The molecule has 0 unspecified atom stereocenters. The summed E-state index contributed by atoms with van der Waals surface area (Å²) in [5.41, 5.74) is 2.89. The second-order valence-corrected chi connectivity index (χ2v) is 8.45. The molecule has 3 aromatic rings. The summed E-state index contributed by atoms with van der Waals surface area (Å²) in [5, 5.41) is 12.3. The standard InChI is InChI=1S/C22H24FN5OS/c1-16-6-8-17(9-7-16)14-24-21(29)22-26-25-20(30-22)15-27-10-12-28(13-11-27)19-5-3-2-4-18(19)23/h2-9H,10-15H2,1H3,(H,24,29). The highest BCUT2D eigenvalue weighted by Gasteiger charge is 2.21. The molecule has 2 aromatic carbocycles. The van der Waals surface area contributed by atoms with E-state index in [1.165, 1.54) is 23.0 Å². The fourth-order valence-corrected chi connectivity index (χ4v) is 4.22. The fourth-order valence-electron chi connectivity index (χ4n) is 3.42. The van der Waals surface area contributed by atoms with Crippen LogP contribution in [0.2, 0.25) is 0 Å². The highest BCUT2D eigenvalue weighted by atomic mass is 32.1. The van der Waals surface area contributed by atoms with Crippen molar-refractivity contribution in [1.29, 1.82) is 0 Å². The Kier molecular flexibility index (Phi) is 6.35. The summed E-state index contributed by atoms with van der Waals surface area (Å²) in [6, 6.07) is 14.9. The van der Waals surface area contributed by atoms with E-state index in [1.807, 2.05) is 43.3 Å². The molecular formula is C22H24FN5OS. The minimum Gasteiger partial charge on any atom is -0.367 e. The number of halogens is 1. The number of rotatable bonds is 6. The van der Waals surface area contributed by atoms with Gasteiger partial charge >= 0.3 is 0 Å². The van der Waals surface area contributed by atoms with E-state index in [4.69, 9.17) is 0 Å². The lowest BCUT2D eigenvalue weighted by Crippen LogP contribution is -2.46. The smallest absolute Gasteiger partial charge is 0.282 e. The fraction of sp³-hybridized carbons (Fsp3) is 0.318. The lowest BCUT2D eigenvalue weighted by atomic mass is 10.1. The number of anilines is 1. The van der Waals surface area contributed by atoms with Crippen LogP contribution in [0.25, 0.3) is 0 Å². The quantitative estimate of drug-likeness (QED) is 0.657. The minimum atomic E-state index is -0.205. The van der Waals surface area contributed by atoms with Crippen molar-refractivity contribution in [3.63, 3.8) is 0 Å². The highest BCUT2D eigenvalue weighted by molar-refractivity contribution is 7.13. The van der Waals surface area contributed by atoms with E-state index in [-0.39, 0.29) is 11.7 Å². The number of piperazine rings is 1. The van der Waals surface area contributed by atoms with Gasteiger partial charge in [-0.3, -0.25) is 9.69 Å². The Hall–Kier alpha value is -2.84. The third-order valence-electron chi connectivity index (χ3n) is 5.16. The molecule has 0 bridgehead atoms. The molecule has 0 radical (unpaired) electrons. The zero-order valence-electron chi connectivity index (χ0n) is 16.8. The Morgan fingerprint density at radius 3 is 2.53 bits per heavy atom. The van der Waals surface area contributed by atoms with Crippen molar-refractivity contribution < 1.29 is 9.18 Å². The Morgan fingerprint density at radius 1 is 1.07 bits per heavy atom. The molecule has 4 rings (SSSR count). The highest BCUT2D eigenvalue weighted by Crippen LogP contribution is 2.21. The van der Waals surface area contributed by atoms with Gasteiger partial charge in [0, 0.05) is 32.7 Å². The van der Waals surface area contributed by atoms with Crippen LogP contribution in [0.3, 0.4) is 0 Å². The number of hydrogen-bond donors (Lipinski definition) is 1. The molecule has 1 fully saturated rings. The van der Waals surface area contributed by atoms with Gasteiger partial charge in [0.05, 0.1) is 12.2 Å². The van der Waals surface area contributed by atoms with Crippen LogP contribution in [0.5, 0.6) is 0 Å². The third-order valence-corrected chi connectivity index (χ3v) is 6.07. The first kappa shape index (κ1) is 20.4. The molecule has 1 saturated heterocycles. The Labute approximate surface area is 179 Å². The molecule has 1 N–H and O–H groups in total. The Balaban J connectivity index is 1.27. The molecule has 0 saturated carbocycles. The molecule has 0 spiro atoms. The summed E-state index contributed by atoms with van der Waals surface area (Å²) >= 11 is 1.32. The van der Waals surface area contributed by atoms with Crippen LogP contribution >= 0.6 is 11.3 Å². The largest absolute Gasteiger partial charge is 0.367 e.